The number of amides is 2. The average molecular weight is 405 g/mol. The molecule has 1 saturated carbocycles. The van der Waals surface area contributed by atoms with Crippen LogP contribution in [0.25, 0.3) is 0 Å². The zero-order chi connectivity index (χ0) is 21.1. The zero-order valence-electron chi connectivity index (χ0n) is 16.6. The highest BCUT2D eigenvalue weighted by atomic mass is 16.5. The molecule has 0 spiro atoms. The van der Waals surface area contributed by atoms with E-state index in [0.717, 1.165) is 25.7 Å². The quantitative estimate of drug-likeness (QED) is 0.319. The molecule has 2 amide bonds. The number of ketones is 1. The van der Waals surface area contributed by atoms with Gasteiger partial charge < -0.3 is 4.74 Å². The van der Waals surface area contributed by atoms with E-state index >= 15 is 0 Å². The van der Waals surface area contributed by atoms with Crippen LogP contribution in [0.3, 0.4) is 0 Å². The molecule has 0 radical (unpaired) electrons. The Hall–Kier alpha value is -3.28. The summed E-state index contributed by atoms with van der Waals surface area (Å²) in [6.07, 6.45) is 3.40. The van der Waals surface area contributed by atoms with E-state index in [1.807, 2.05) is 6.07 Å². The molecule has 0 bridgehead atoms. The number of esters is 1. The number of likely N-dealkylation sites (tertiary alicyclic amines) is 1. The summed E-state index contributed by atoms with van der Waals surface area (Å²) in [5, 5.41) is 0. The molecular weight excluding hydrogens is 382 g/mol. The van der Waals surface area contributed by atoms with Crippen molar-refractivity contribution >= 4 is 23.6 Å². The molecule has 1 heterocycles. The number of imide groups is 1. The fraction of sp³-hybridized carbons (Fsp3) is 0.333. The highest BCUT2D eigenvalue weighted by molar-refractivity contribution is 6.09. The predicted molar refractivity (Wildman–Crippen MR) is 109 cm³/mol. The van der Waals surface area contributed by atoms with Crippen LogP contribution in [0.5, 0.6) is 5.75 Å². The van der Waals surface area contributed by atoms with Gasteiger partial charge in [-0.25, -0.2) is 0 Å². The molecule has 1 saturated heterocycles. The molecule has 1 aliphatic carbocycles. The first kappa shape index (κ1) is 20.0. The number of fused-ring (bicyclic) bond motifs is 1. The van der Waals surface area contributed by atoms with Crippen LogP contribution >= 0.6 is 0 Å². The molecule has 6 heteroatoms. The lowest BCUT2D eigenvalue weighted by atomic mass is 9.81. The maximum Gasteiger partial charge on any atom is 0.312 e. The van der Waals surface area contributed by atoms with E-state index in [-0.39, 0.29) is 42.4 Å². The van der Waals surface area contributed by atoms with Crippen molar-refractivity contribution in [3.8, 4) is 5.75 Å². The summed E-state index contributed by atoms with van der Waals surface area (Å²) in [4.78, 5) is 50.8. The summed E-state index contributed by atoms with van der Waals surface area (Å²) in [5.74, 6) is -1.04. The van der Waals surface area contributed by atoms with Gasteiger partial charge in [-0.2, -0.15) is 0 Å². The summed E-state index contributed by atoms with van der Waals surface area (Å²) in [7, 11) is 0. The first-order valence-corrected chi connectivity index (χ1v) is 10.3. The highest BCUT2D eigenvalue weighted by Crippen LogP contribution is 2.38. The van der Waals surface area contributed by atoms with E-state index in [9.17, 15) is 19.2 Å². The Morgan fingerprint density at radius 2 is 1.40 bits per heavy atom. The van der Waals surface area contributed by atoms with E-state index in [1.165, 1.54) is 4.90 Å². The van der Waals surface area contributed by atoms with Crippen molar-refractivity contribution in [2.45, 2.75) is 32.1 Å². The Bertz CT molecular complexity index is 943. The first-order chi connectivity index (χ1) is 14.5. The number of hydrogen-bond donors (Lipinski definition) is 0. The van der Waals surface area contributed by atoms with Gasteiger partial charge in [-0.3, -0.25) is 24.1 Å². The lowest BCUT2D eigenvalue weighted by molar-refractivity contribution is -0.141. The highest BCUT2D eigenvalue weighted by Gasteiger charge is 2.47. The van der Waals surface area contributed by atoms with Crippen molar-refractivity contribution in [1.29, 1.82) is 0 Å². The van der Waals surface area contributed by atoms with Gasteiger partial charge in [0.1, 0.15) is 5.75 Å². The number of carbonyl (C=O) groups excluding carboxylic acids is 4. The second kappa shape index (κ2) is 8.61. The van der Waals surface area contributed by atoms with Crippen LogP contribution < -0.4 is 4.74 Å². The van der Waals surface area contributed by atoms with Crippen molar-refractivity contribution in [2.24, 2.45) is 11.8 Å². The Morgan fingerprint density at radius 3 is 2.00 bits per heavy atom. The van der Waals surface area contributed by atoms with Crippen LogP contribution in [0.2, 0.25) is 0 Å². The maximum atomic E-state index is 12.5. The minimum absolute atomic E-state index is 0.0497. The van der Waals surface area contributed by atoms with Gasteiger partial charge in [0.2, 0.25) is 11.8 Å². The number of rotatable bonds is 6. The van der Waals surface area contributed by atoms with Gasteiger partial charge in [0.15, 0.2) is 5.78 Å². The molecule has 0 aromatic heterocycles. The van der Waals surface area contributed by atoms with Crippen LogP contribution in [0.4, 0.5) is 0 Å². The third-order valence-electron chi connectivity index (χ3n) is 5.86. The molecule has 2 aromatic carbocycles. The van der Waals surface area contributed by atoms with E-state index in [0.29, 0.717) is 16.9 Å². The van der Waals surface area contributed by atoms with Gasteiger partial charge >= 0.3 is 5.97 Å². The summed E-state index contributed by atoms with van der Waals surface area (Å²) >= 11 is 0. The summed E-state index contributed by atoms with van der Waals surface area (Å²) < 4.78 is 5.30. The number of nitrogens with zero attached hydrogens (tertiary/aromatic N) is 1. The molecule has 4 rings (SSSR count). The Balaban J connectivity index is 1.32. The van der Waals surface area contributed by atoms with Gasteiger partial charge in [-0.1, -0.05) is 43.2 Å². The topological polar surface area (TPSA) is 80.8 Å². The van der Waals surface area contributed by atoms with E-state index in [1.54, 1.807) is 48.5 Å². The molecule has 154 valence electrons. The Labute approximate surface area is 174 Å². The summed E-state index contributed by atoms with van der Waals surface area (Å²) in [6, 6.07) is 15.3. The molecule has 0 N–H and O–H groups in total. The summed E-state index contributed by atoms with van der Waals surface area (Å²) in [6.45, 7) is 0.0497. The largest absolute Gasteiger partial charge is 0.426 e. The molecule has 30 heavy (non-hydrogen) atoms. The van der Waals surface area contributed by atoms with Crippen LogP contribution in [-0.2, 0) is 14.4 Å². The van der Waals surface area contributed by atoms with Gasteiger partial charge in [0.25, 0.3) is 0 Å². The minimum Gasteiger partial charge on any atom is -0.426 e. The molecule has 0 unspecified atom stereocenters. The van der Waals surface area contributed by atoms with Crippen molar-refractivity contribution in [3.63, 3.8) is 0 Å². The Kier molecular flexibility index (Phi) is 5.74. The van der Waals surface area contributed by atoms with Crippen LogP contribution in [0.15, 0.2) is 54.6 Å². The third kappa shape index (κ3) is 4.03. The normalized spacial score (nSPS) is 20.7. The number of hydrogen-bond acceptors (Lipinski definition) is 5. The maximum absolute atomic E-state index is 12.5. The van der Waals surface area contributed by atoms with Crippen molar-refractivity contribution < 1.29 is 23.9 Å². The number of benzene rings is 2. The standard InChI is InChI=1S/C24H23NO5/c26-21(14-15-25-23(28)19-8-4-5-9-20(19)24(25)29)30-18-12-10-17(11-13-18)22(27)16-6-2-1-3-7-16/h1-3,6-7,10-13,19-20H,4-5,8-9,14-15H2/t19-,20+. The van der Waals surface area contributed by atoms with Gasteiger partial charge in [-0.05, 0) is 37.1 Å². The van der Waals surface area contributed by atoms with Crippen LogP contribution in [0.1, 0.15) is 48.0 Å². The van der Waals surface area contributed by atoms with Crippen LogP contribution in [-0.4, -0.2) is 35.0 Å². The van der Waals surface area contributed by atoms with Crippen molar-refractivity contribution in [3.05, 3.63) is 65.7 Å². The molecule has 2 fully saturated rings. The first-order valence-electron chi connectivity index (χ1n) is 10.3. The van der Waals surface area contributed by atoms with E-state index < -0.39 is 5.97 Å². The predicted octanol–water partition coefficient (Wildman–Crippen LogP) is 3.39. The molecule has 2 aliphatic rings. The Morgan fingerprint density at radius 1 is 0.833 bits per heavy atom. The van der Waals surface area contributed by atoms with Crippen LogP contribution in [0, 0.1) is 11.8 Å². The minimum atomic E-state index is -0.521. The molecular formula is C24H23NO5. The smallest absolute Gasteiger partial charge is 0.312 e. The number of carbonyl (C=O) groups is 4. The van der Waals surface area contributed by atoms with Gasteiger partial charge in [0, 0.05) is 17.7 Å². The van der Waals surface area contributed by atoms with Gasteiger partial charge in [-0.15, -0.1) is 0 Å². The third-order valence-corrected chi connectivity index (χ3v) is 5.86. The molecule has 2 aromatic rings. The monoisotopic (exact) mass is 405 g/mol. The fourth-order valence-corrected chi connectivity index (χ4v) is 4.27. The van der Waals surface area contributed by atoms with Gasteiger partial charge in [0.05, 0.1) is 18.3 Å². The fourth-order valence-electron chi connectivity index (χ4n) is 4.27. The van der Waals surface area contributed by atoms with Crippen molar-refractivity contribution in [2.75, 3.05) is 6.54 Å². The SMILES string of the molecule is O=C(CCN1C(=O)[C@H]2CCCC[C@H]2C1=O)Oc1ccc(C(=O)c2ccccc2)cc1. The lowest BCUT2D eigenvalue weighted by Crippen LogP contribution is -2.33. The zero-order valence-corrected chi connectivity index (χ0v) is 16.6. The molecule has 1 aliphatic heterocycles. The summed E-state index contributed by atoms with van der Waals surface area (Å²) in [5.41, 5.74) is 1.08. The average Bonchev–Trinajstić information content (AvgIpc) is 3.03. The van der Waals surface area contributed by atoms with Crippen molar-refractivity contribution in [1.82, 2.24) is 4.90 Å². The van der Waals surface area contributed by atoms with E-state index in [4.69, 9.17) is 4.74 Å². The molecule has 2 atom stereocenters. The second-order valence-electron chi connectivity index (χ2n) is 7.77. The number of ether oxygens (including phenoxy) is 1. The van der Waals surface area contributed by atoms with E-state index in [2.05, 4.69) is 0 Å². The second-order valence-corrected chi connectivity index (χ2v) is 7.77. The lowest BCUT2D eigenvalue weighted by Gasteiger charge is -2.19. The molecule has 6 nitrogen and oxygen atoms in total.